The van der Waals surface area contributed by atoms with Gasteiger partial charge in [0, 0.05) is 84.9 Å². The second-order valence-corrected chi connectivity index (χ2v) is 15.3. The van der Waals surface area contributed by atoms with Crippen LogP contribution in [0.1, 0.15) is 0 Å². The van der Waals surface area contributed by atoms with Gasteiger partial charge in [-0.25, -0.2) is 0 Å². The summed E-state index contributed by atoms with van der Waals surface area (Å²) < 4.78 is 23.4. The zero-order valence-corrected chi connectivity index (χ0v) is 35.7. The van der Waals surface area contributed by atoms with Crippen LogP contribution in [0.2, 0.25) is 0 Å². The highest BCUT2D eigenvalue weighted by atomic mass is 16.6. The second kappa shape index (κ2) is 17.6. The highest BCUT2D eigenvalue weighted by Gasteiger charge is 2.35. The molecule has 0 amide bonds. The standard InChI is InChI=1S/C48H34O24/c49-15-1-16(50)3-22(2-15)69-47-33(71-46-31(64)14-32(70-45-29(62)10-20(54)11-30(45)63)38(42(46)66)35-23(56)4-17(51)5-24(35)57)12-21(55)13-34(47)72-48-43(67)39(36-25(58)6-18(52)7-26(36)59)41(65)40(44(48)68)37-27(60)8-19(53)9-28(37)61/h1-14,49-68H. The van der Waals surface area contributed by atoms with Crippen molar-refractivity contribution in [1.29, 1.82) is 0 Å². The van der Waals surface area contributed by atoms with Crippen LogP contribution in [-0.2, 0) is 0 Å². The van der Waals surface area contributed by atoms with Crippen molar-refractivity contribution in [3.8, 4) is 194 Å². The van der Waals surface area contributed by atoms with Crippen LogP contribution in [0.4, 0.5) is 0 Å². The van der Waals surface area contributed by atoms with Gasteiger partial charge in [0.2, 0.25) is 23.0 Å². The van der Waals surface area contributed by atoms with E-state index in [4.69, 9.17) is 18.9 Å². The molecule has 0 aromatic heterocycles. The van der Waals surface area contributed by atoms with E-state index in [-0.39, 0.29) is 0 Å². The molecule has 0 aliphatic carbocycles. The van der Waals surface area contributed by atoms with Gasteiger partial charge in [0.1, 0.15) is 92.0 Å². The maximum Gasteiger partial charge on any atom is 0.212 e. The first kappa shape index (κ1) is 47.5. The molecule has 370 valence electrons. The maximum atomic E-state index is 12.0. The predicted octanol–water partition coefficient (Wildman–Crippen LogP) is 7.97. The van der Waals surface area contributed by atoms with Gasteiger partial charge in [0.15, 0.2) is 46.0 Å². The third-order valence-electron chi connectivity index (χ3n) is 10.3. The third-order valence-corrected chi connectivity index (χ3v) is 10.3. The Balaban J connectivity index is 1.39. The SMILES string of the molecule is Oc1cc(O)cc(Oc2c(Oc3c(O)cc(Oc4c(O)cc(O)cc4O)c(-c4c(O)cc(O)cc4O)c3O)cc(O)cc2Oc2c(O)c(-c3c(O)cc(O)cc3O)c(O)c(-c3c(O)cc(O)cc3O)c2O)c1. The molecule has 0 aliphatic heterocycles. The van der Waals surface area contributed by atoms with E-state index in [1.807, 2.05) is 0 Å². The largest absolute Gasteiger partial charge is 0.508 e. The first-order valence-corrected chi connectivity index (χ1v) is 19.9. The normalized spacial score (nSPS) is 11.1. The summed E-state index contributed by atoms with van der Waals surface area (Å²) in [5.74, 6) is -26.6. The summed E-state index contributed by atoms with van der Waals surface area (Å²) >= 11 is 0. The topological polar surface area (TPSA) is 442 Å². The van der Waals surface area contributed by atoms with Crippen molar-refractivity contribution < 1.29 is 121 Å². The van der Waals surface area contributed by atoms with Crippen LogP contribution in [0.15, 0.2) is 84.9 Å². The minimum atomic E-state index is -1.40. The van der Waals surface area contributed by atoms with Gasteiger partial charge in [-0.2, -0.15) is 0 Å². The van der Waals surface area contributed by atoms with Crippen LogP contribution >= 0.6 is 0 Å². The van der Waals surface area contributed by atoms with Gasteiger partial charge >= 0.3 is 0 Å². The second-order valence-electron chi connectivity index (χ2n) is 15.3. The number of aromatic hydroxyl groups is 20. The summed E-state index contributed by atoms with van der Waals surface area (Å²) in [5.41, 5.74) is -5.45. The Morgan fingerprint density at radius 1 is 0.194 bits per heavy atom. The van der Waals surface area contributed by atoms with Gasteiger partial charge in [0.05, 0.1) is 33.4 Å². The molecule has 8 aromatic carbocycles. The number of rotatable bonds is 11. The first-order valence-electron chi connectivity index (χ1n) is 19.9. The average Bonchev–Trinajstić information content (AvgIpc) is 3.25. The third kappa shape index (κ3) is 8.47. The van der Waals surface area contributed by atoms with E-state index >= 15 is 0 Å². The quantitative estimate of drug-likeness (QED) is 0.0583. The Kier molecular flexibility index (Phi) is 11.6. The monoisotopic (exact) mass is 994 g/mol. The molecule has 0 atom stereocenters. The lowest BCUT2D eigenvalue weighted by Crippen LogP contribution is -1.98. The highest BCUT2D eigenvalue weighted by Crippen LogP contribution is 2.63. The predicted molar refractivity (Wildman–Crippen MR) is 242 cm³/mol. The van der Waals surface area contributed by atoms with Crippen LogP contribution in [0.5, 0.6) is 161 Å². The molecule has 0 aliphatic rings. The fourth-order valence-corrected chi connectivity index (χ4v) is 7.43. The number of ether oxygens (including phenoxy) is 4. The van der Waals surface area contributed by atoms with Gasteiger partial charge in [-0.3, -0.25) is 0 Å². The molecule has 0 fully saturated rings. The Morgan fingerprint density at radius 2 is 0.500 bits per heavy atom. The summed E-state index contributed by atoms with van der Waals surface area (Å²) in [4.78, 5) is 0. The van der Waals surface area contributed by atoms with Crippen LogP contribution in [0, 0.1) is 0 Å². The molecule has 0 saturated carbocycles. The summed E-state index contributed by atoms with van der Waals surface area (Å²) in [7, 11) is 0. The van der Waals surface area contributed by atoms with Crippen molar-refractivity contribution >= 4 is 0 Å². The lowest BCUT2D eigenvalue weighted by atomic mass is 9.92. The molecule has 0 radical (unpaired) electrons. The lowest BCUT2D eigenvalue weighted by Gasteiger charge is -2.23. The molecule has 8 aromatic rings. The van der Waals surface area contributed by atoms with Crippen molar-refractivity contribution in [2.45, 2.75) is 0 Å². The Labute approximate surface area is 399 Å². The number of hydrogen-bond donors (Lipinski definition) is 20. The van der Waals surface area contributed by atoms with Gasteiger partial charge in [0.25, 0.3) is 0 Å². The minimum absolute atomic E-state index is 0.503. The van der Waals surface area contributed by atoms with Crippen LogP contribution in [0.3, 0.4) is 0 Å². The summed E-state index contributed by atoms with van der Waals surface area (Å²) in [5, 5.41) is 217. The zero-order chi connectivity index (χ0) is 52.4. The van der Waals surface area contributed by atoms with E-state index in [9.17, 15) is 102 Å². The van der Waals surface area contributed by atoms with Crippen molar-refractivity contribution in [2.24, 2.45) is 0 Å². The van der Waals surface area contributed by atoms with Gasteiger partial charge < -0.3 is 121 Å². The average molecular weight is 995 g/mol. The molecular weight excluding hydrogens is 961 g/mol. The Hall–Kier alpha value is -11.0. The first-order chi connectivity index (χ1) is 33.9. The number of benzene rings is 8. The highest BCUT2D eigenvalue weighted by molar-refractivity contribution is 5.99. The number of hydrogen-bond acceptors (Lipinski definition) is 24. The molecule has 0 heterocycles. The Bertz CT molecular complexity index is 3350. The summed E-state index contributed by atoms with van der Waals surface area (Å²) in [6.45, 7) is 0. The van der Waals surface area contributed by atoms with E-state index in [1.165, 1.54) is 0 Å². The molecular formula is C48H34O24. The van der Waals surface area contributed by atoms with E-state index in [0.717, 1.165) is 30.3 Å². The van der Waals surface area contributed by atoms with Crippen LogP contribution in [0.25, 0.3) is 33.4 Å². The molecule has 0 spiro atoms. The summed E-state index contributed by atoms with van der Waals surface area (Å²) in [6, 6.07) is 10.1. The molecule has 24 heteroatoms. The van der Waals surface area contributed by atoms with Crippen LogP contribution in [-0.4, -0.2) is 102 Å². The fourth-order valence-electron chi connectivity index (χ4n) is 7.43. The zero-order valence-electron chi connectivity index (χ0n) is 35.7. The van der Waals surface area contributed by atoms with Gasteiger partial charge in [-0.15, -0.1) is 0 Å². The van der Waals surface area contributed by atoms with E-state index < -0.39 is 194 Å². The molecule has 72 heavy (non-hydrogen) atoms. The smallest absolute Gasteiger partial charge is 0.212 e. The number of phenols is 20. The van der Waals surface area contributed by atoms with E-state index in [2.05, 4.69) is 0 Å². The van der Waals surface area contributed by atoms with Gasteiger partial charge in [-0.05, 0) is 0 Å². The fraction of sp³-hybridized carbons (Fsp3) is 0. The summed E-state index contributed by atoms with van der Waals surface area (Å²) in [6.07, 6.45) is 0. The molecule has 0 saturated heterocycles. The van der Waals surface area contributed by atoms with E-state index in [0.29, 0.717) is 54.6 Å². The van der Waals surface area contributed by atoms with Crippen molar-refractivity contribution in [1.82, 2.24) is 0 Å². The molecule has 0 unspecified atom stereocenters. The molecule has 20 N–H and O–H groups in total. The van der Waals surface area contributed by atoms with Crippen molar-refractivity contribution in [3.63, 3.8) is 0 Å². The van der Waals surface area contributed by atoms with Crippen LogP contribution < -0.4 is 18.9 Å². The van der Waals surface area contributed by atoms with Crippen molar-refractivity contribution in [2.75, 3.05) is 0 Å². The lowest BCUT2D eigenvalue weighted by molar-refractivity contribution is 0.334. The molecule has 0 bridgehead atoms. The molecule has 8 rings (SSSR count). The minimum Gasteiger partial charge on any atom is -0.508 e. The van der Waals surface area contributed by atoms with Crippen molar-refractivity contribution in [3.05, 3.63) is 84.9 Å². The van der Waals surface area contributed by atoms with E-state index in [1.54, 1.807) is 0 Å². The Morgan fingerprint density at radius 3 is 0.917 bits per heavy atom. The molecule has 24 nitrogen and oxygen atoms in total. The van der Waals surface area contributed by atoms with Gasteiger partial charge in [-0.1, -0.05) is 0 Å². The number of phenolic OH excluding ortho intramolecular Hbond substituents is 20. The maximum absolute atomic E-state index is 12.0.